The van der Waals surface area contributed by atoms with Crippen LogP contribution in [0.1, 0.15) is 40.9 Å². The Hall–Kier alpha value is -1.35. The van der Waals surface area contributed by atoms with Crippen molar-refractivity contribution in [2.75, 3.05) is 6.54 Å². The lowest BCUT2D eigenvalue weighted by Crippen LogP contribution is -2.32. The minimum absolute atomic E-state index is 0.0455. The second kappa shape index (κ2) is 3.84. The SMILES string of the molecule is CC1CC1C(N)c1ccc2c(c1)C(=O)NCC2. The van der Waals surface area contributed by atoms with E-state index in [-0.39, 0.29) is 11.9 Å². The Morgan fingerprint density at radius 2 is 2.24 bits per heavy atom. The molecule has 0 spiro atoms. The molecule has 1 aromatic carbocycles. The van der Waals surface area contributed by atoms with Crippen molar-refractivity contribution in [1.29, 1.82) is 0 Å². The summed E-state index contributed by atoms with van der Waals surface area (Å²) in [6.45, 7) is 2.98. The Morgan fingerprint density at radius 3 is 2.94 bits per heavy atom. The van der Waals surface area contributed by atoms with Crippen molar-refractivity contribution in [3.05, 3.63) is 34.9 Å². The molecule has 3 unspecified atom stereocenters. The molecule has 3 atom stereocenters. The van der Waals surface area contributed by atoms with Crippen LogP contribution in [0.15, 0.2) is 18.2 Å². The van der Waals surface area contributed by atoms with Gasteiger partial charge in [-0.2, -0.15) is 0 Å². The van der Waals surface area contributed by atoms with Gasteiger partial charge in [0.25, 0.3) is 5.91 Å². The Bertz CT molecular complexity index is 469. The zero-order valence-corrected chi connectivity index (χ0v) is 10.1. The van der Waals surface area contributed by atoms with Gasteiger partial charge in [-0.1, -0.05) is 19.1 Å². The highest BCUT2D eigenvalue weighted by Gasteiger charge is 2.38. The molecule has 1 amide bonds. The van der Waals surface area contributed by atoms with E-state index < -0.39 is 0 Å². The maximum Gasteiger partial charge on any atom is 0.251 e. The monoisotopic (exact) mass is 230 g/mol. The first-order chi connectivity index (χ1) is 8.16. The zero-order valence-electron chi connectivity index (χ0n) is 10.1. The second-order valence-corrected chi connectivity index (χ2v) is 5.33. The first-order valence-electron chi connectivity index (χ1n) is 6.33. The summed E-state index contributed by atoms with van der Waals surface area (Å²) in [5.74, 6) is 1.37. The highest BCUT2D eigenvalue weighted by Crippen LogP contribution is 2.45. The molecule has 1 heterocycles. The second-order valence-electron chi connectivity index (χ2n) is 5.33. The quantitative estimate of drug-likeness (QED) is 0.811. The van der Waals surface area contributed by atoms with Gasteiger partial charge in [0.2, 0.25) is 0 Å². The fraction of sp³-hybridized carbons (Fsp3) is 0.500. The molecule has 1 aliphatic heterocycles. The van der Waals surface area contributed by atoms with Gasteiger partial charge in [0.1, 0.15) is 0 Å². The molecule has 0 radical (unpaired) electrons. The Labute approximate surface area is 101 Å². The molecule has 3 heteroatoms. The molecule has 0 bridgehead atoms. The number of carbonyl (C=O) groups is 1. The minimum atomic E-state index is 0.0455. The van der Waals surface area contributed by atoms with E-state index in [4.69, 9.17) is 5.73 Å². The molecule has 3 nitrogen and oxygen atoms in total. The molecule has 0 aromatic heterocycles. The van der Waals surface area contributed by atoms with Crippen LogP contribution in [0.5, 0.6) is 0 Å². The van der Waals surface area contributed by atoms with E-state index in [1.165, 1.54) is 6.42 Å². The third-order valence-electron chi connectivity index (χ3n) is 4.08. The molecule has 0 saturated heterocycles. The number of nitrogens with two attached hydrogens (primary N) is 1. The standard InChI is InChI=1S/C14H18N2O/c1-8-6-11(8)13(15)10-3-2-9-4-5-16-14(17)12(9)7-10/h2-3,7-8,11,13H,4-6,15H2,1H3,(H,16,17). The average molecular weight is 230 g/mol. The number of benzene rings is 1. The van der Waals surface area contributed by atoms with E-state index in [0.29, 0.717) is 5.92 Å². The third-order valence-corrected chi connectivity index (χ3v) is 4.08. The molecular formula is C14H18N2O. The summed E-state index contributed by atoms with van der Waals surface area (Å²) in [5, 5.41) is 2.88. The lowest BCUT2D eigenvalue weighted by Gasteiger charge is -2.19. The molecule has 1 saturated carbocycles. The normalized spacial score (nSPS) is 28.2. The van der Waals surface area contributed by atoms with E-state index in [9.17, 15) is 4.79 Å². The lowest BCUT2D eigenvalue weighted by molar-refractivity contribution is 0.0946. The van der Waals surface area contributed by atoms with Crippen molar-refractivity contribution >= 4 is 5.91 Å². The van der Waals surface area contributed by atoms with E-state index in [0.717, 1.165) is 35.6 Å². The minimum Gasteiger partial charge on any atom is -0.352 e. The summed E-state index contributed by atoms with van der Waals surface area (Å²) < 4.78 is 0. The smallest absolute Gasteiger partial charge is 0.251 e. The largest absolute Gasteiger partial charge is 0.352 e. The molecule has 1 fully saturated rings. The summed E-state index contributed by atoms with van der Waals surface area (Å²) in [5.41, 5.74) is 9.31. The lowest BCUT2D eigenvalue weighted by atomic mass is 9.93. The summed E-state index contributed by atoms with van der Waals surface area (Å²) in [4.78, 5) is 11.8. The number of hydrogen-bond acceptors (Lipinski definition) is 2. The first kappa shape index (κ1) is 10.8. The van der Waals surface area contributed by atoms with Crippen LogP contribution in [0.3, 0.4) is 0 Å². The molecule has 90 valence electrons. The van der Waals surface area contributed by atoms with Crippen molar-refractivity contribution in [3.63, 3.8) is 0 Å². The Balaban J connectivity index is 1.91. The number of amides is 1. The maximum atomic E-state index is 11.8. The maximum absolute atomic E-state index is 11.8. The van der Waals surface area contributed by atoms with Crippen molar-refractivity contribution in [3.8, 4) is 0 Å². The topological polar surface area (TPSA) is 55.1 Å². The molecular weight excluding hydrogens is 212 g/mol. The average Bonchev–Trinajstić information content (AvgIpc) is 3.06. The van der Waals surface area contributed by atoms with Crippen LogP contribution in [0.25, 0.3) is 0 Å². The van der Waals surface area contributed by atoms with Crippen molar-refractivity contribution < 1.29 is 4.79 Å². The van der Waals surface area contributed by atoms with Crippen molar-refractivity contribution in [1.82, 2.24) is 5.32 Å². The zero-order chi connectivity index (χ0) is 12.0. The van der Waals surface area contributed by atoms with Gasteiger partial charge in [-0.05, 0) is 41.9 Å². The van der Waals surface area contributed by atoms with Crippen LogP contribution in [0, 0.1) is 11.8 Å². The fourth-order valence-corrected chi connectivity index (χ4v) is 2.74. The van der Waals surface area contributed by atoms with E-state index in [1.807, 2.05) is 6.07 Å². The van der Waals surface area contributed by atoms with Crippen LogP contribution in [0.4, 0.5) is 0 Å². The first-order valence-corrected chi connectivity index (χ1v) is 6.33. The molecule has 3 N–H and O–H groups in total. The summed E-state index contributed by atoms with van der Waals surface area (Å²) in [7, 11) is 0. The molecule has 3 rings (SSSR count). The van der Waals surface area contributed by atoms with Crippen LogP contribution in [-0.2, 0) is 6.42 Å². The fourth-order valence-electron chi connectivity index (χ4n) is 2.74. The predicted molar refractivity (Wildman–Crippen MR) is 66.7 cm³/mol. The van der Waals surface area contributed by atoms with E-state index in [2.05, 4.69) is 24.4 Å². The van der Waals surface area contributed by atoms with Gasteiger partial charge in [0.15, 0.2) is 0 Å². The summed E-state index contributed by atoms with van der Waals surface area (Å²) >= 11 is 0. The predicted octanol–water partition coefficient (Wildman–Crippen LogP) is 1.63. The Kier molecular flexibility index (Phi) is 2.44. The molecule has 1 aromatic rings. The van der Waals surface area contributed by atoms with E-state index >= 15 is 0 Å². The third kappa shape index (κ3) is 1.84. The van der Waals surface area contributed by atoms with Crippen LogP contribution < -0.4 is 11.1 Å². The van der Waals surface area contributed by atoms with Gasteiger partial charge in [0.05, 0.1) is 0 Å². The van der Waals surface area contributed by atoms with Crippen LogP contribution in [0.2, 0.25) is 0 Å². The number of rotatable bonds is 2. The highest BCUT2D eigenvalue weighted by atomic mass is 16.1. The van der Waals surface area contributed by atoms with Crippen LogP contribution in [-0.4, -0.2) is 12.5 Å². The Morgan fingerprint density at radius 1 is 1.47 bits per heavy atom. The van der Waals surface area contributed by atoms with Gasteiger partial charge in [-0.25, -0.2) is 0 Å². The summed E-state index contributed by atoms with van der Waals surface area (Å²) in [6.07, 6.45) is 2.14. The van der Waals surface area contributed by atoms with E-state index in [1.54, 1.807) is 0 Å². The van der Waals surface area contributed by atoms with Crippen LogP contribution >= 0.6 is 0 Å². The number of hydrogen-bond donors (Lipinski definition) is 2. The molecule has 17 heavy (non-hydrogen) atoms. The summed E-state index contributed by atoms with van der Waals surface area (Å²) in [6, 6.07) is 6.23. The van der Waals surface area contributed by atoms with Gasteiger partial charge in [0, 0.05) is 18.2 Å². The van der Waals surface area contributed by atoms with Gasteiger partial charge >= 0.3 is 0 Å². The molecule has 2 aliphatic rings. The molecule has 1 aliphatic carbocycles. The van der Waals surface area contributed by atoms with Gasteiger partial charge < -0.3 is 11.1 Å². The van der Waals surface area contributed by atoms with Crippen molar-refractivity contribution in [2.24, 2.45) is 17.6 Å². The van der Waals surface area contributed by atoms with Gasteiger partial charge in [-0.15, -0.1) is 0 Å². The number of nitrogens with one attached hydrogen (secondary N) is 1. The van der Waals surface area contributed by atoms with Crippen molar-refractivity contribution in [2.45, 2.75) is 25.8 Å². The number of fused-ring (bicyclic) bond motifs is 1. The number of carbonyl (C=O) groups excluding carboxylic acids is 1. The van der Waals surface area contributed by atoms with Gasteiger partial charge in [-0.3, -0.25) is 4.79 Å². The highest BCUT2D eigenvalue weighted by molar-refractivity contribution is 5.96.